The molecule has 0 saturated heterocycles. The number of hydrogen-bond donors (Lipinski definition) is 3. The van der Waals surface area contributed by atoms with E-state index in [0.717, 1.165) is 0 Å². The summed E-state index contributed by atoms with van der Waals surface area (Å²) >= 11 is 0. The molecule has 3 N–H and O–H groups in total. The van der Waals surface area contributed by atoms with Gasteiger partial charge in [0, 0.05) is 38.6 Å². The monoisotopic (exact) mass is 510 g/mol. The van der Waals surface area contributed by atoms with Crippen LogP contribution in [0.4, 0.5) is 0 Å². The van der Waals surface area contributed by atoms with Crippen LogP contribution in [0, 0.1) is 5.92 Å². The standard InChI is InChI=1S/C26H34N6O5/c1-17(2)14-21-26(36)32(3)12-13-37-22-7-5-4-6-19(22)24(34)31-20(15-23(33)30-21)25(35)29-9-8-18-16-27-10-11-28-18/h4-7,10-11,16-17,20-21H,8-9,12-15H2,1-3H3,(H,29,35)(H,30,33)(H,31,34)/t20-,21-/m0/s1. The zero-order chi connectivity index (χ0) is 26.8. The van der Waals surface area contributed by atoms with E-state index >= 15 is 0 Å². The number of hydrogen-bond acceptors (Lipinski definition) is 7. The van der Waals surface area contributed by atoms with Crippen molar-refractivity contribution in [3.05, 3.63) is 54.1 Å². The third-order valence-electron chi connectivity index (χ3n) is 5.84. The first-order chi connectivity index (χ1) is 17.7. The Bertz CT molecular complexity index is 1090. The summed E-state index contributed by atoms with van der Waals surface area (Å²) in [4.78, 5) is 61.9. The van der Waals surface area contributed by atoms with E-state index < -0.39 is 29.8 Å². The molecule has 0 unspecified atom stereocenters. The number of rotatable bonds is 6. The lowest BCUT2D eigenvalue weighted by atomic mass is 10.0. The molecule has 1 aliphatic heterocycles. The van der Waals surface area contributed by atoms with Crippen molar-refractivity contribution in [3.8, 4) is 5.75 Å². The number of aromatic nitrogens is 2. The summed E-state index contributed by atoms with van der Waals surface area (Å²) in [6, 6.07) is 4.70. The summed E-state index contributed by atoms with van der Waals surface area (Å²) in [6.07, 6.45) is 5.24. The van der Waals surface area contributed by atoms with Gasteiger partial charge in [0.15, 0.2) is 0 Å². The zero-order valence-electron chi connectivity index (χ0n) is 21.4. The van der Waals surface area contributed by atoms with Crippen LogP contribution < -0.4 is 20.7 Å². The zero-order valence-corrected chi connectivity index (χ0v) is 21.4. The van der Waals surface area contributed by atoms with Crippen LogP contribution in [-0.2, 0) is 20.8 Å². The van der Waals surface area contributed by atoms with Crippen molar-refractivity contribution < 1.29 is 23.9 Å². The van der Waals surface area contributed by atoms with Crippen molar-refractivity contribution in [3.63, 3.8) is 0 Å². The first-order valence-corrected chi connectivity index (χ1v) is 12.3. The minimum absolute atomic E-state index is 0.143. The molecule has 3 rings (SSSR count). The number of ether oxygens (including phenoxy) is 1. The second kappa shape index (κ2) is 13.3. The van der Waals surface area contributed by atoms with Crippen LogP contribution in [0.5, 0.6) is 5.75 Å². The Morgan fingerprint density at radius 2 is 1.97 bits per heavy atom. The van der Waals surface area contributed by atoms with Gasteiger partial charge in [-0.3, -0.25) is 29.1 Å². The summed E-state index contributed by atoms with van der Waals surface area (Å²) in [7, 11) is 1.64. The molecule has 0 aliphatic carbocycles. The van der Waals surface area contributed by atoms with Crippen molar-refractivity contribution in [1.82, 2.24) is 30.8 Å². The fourth-order valence-corrected chi connectivity index (χ4v) is 3.92. The Balaban J connectivity index is 1.82. The molecule has 198 valence electrons. The van der Waals surface area contributed by atoms with Crippen molar-refractivity contribution >= 4 is 23.6 Å². The Kier molecular flexibility index (Phi) is 9.93. The molecule has 4 amide bonds. The first kappa shape index (κ1) is 27.6. The number of para-hydroxylation sites is 1. The molecule has 2 aromatic rings. The minimum Gasteiger partial charge on any atom is -0.491 e. The SMILES string of the molecule is CC(C)C[C@@H]1NC(=O)C[C@@H](C(=O)NCCc2cnccn2)NC(=O)c2ccccc2OCCN(C)C1=O. The number of fused-ring (bicyclic) bond motifs is 1. The minimum atomic E-state index is -1.17. The van der Waals surface area contributed by atoms with Crippen LogP contribution in [-0.4, -0.2) is 77.3 Å². The van der Waals surface area contributed by atoms with E-state index in [2.05, 4.69) is 25.9 Å². The molecule has 11 heteroatoms. The molecule has 0 bridgehead atoms. The molecule has 0 fully saturated rings. The van der Waals surface area contributed by atoms with Crippen LogP contribution in [0.3, 0.4) is 0 Å². The van der Waals surface area contributed by atoms with Gasteiger partial charge in [0.1, 0.15) is 24.4 Å². The number of carbonyl (C=O) groups excluding carboxylic acids is 4. The number of likely N-dealkylation sites (N-methyl/N-ethyl adjacent to an activating group) is 1. The van der Waals surface area contributed by atoms with Gasteiger partial charge in [0.2, 0.25) is 17.7 Å². The largest absolute Gasteiger partial charge is 0.491 e. The van der Waals surface area contributed by atoms with Gasteiger partial charge in [-0.25, -0.2) is 0 Å². The predicted molar refractivity (Wildman–Crippen MR) is 136 cm³/mol. The van der Waals surface area contributed by atoms with Gasteiger partial charge in [-0.15, -0.1) is 0 Å². The number of benzene rings is 1. The second-order valence-electron chi connectivity index (χ2n) is 9.32. The van der Waals surface area contributed by atoms with Crippen LogP contribution in [0.15, 0.2) is 42.9 Å². The van der Waals surface area contributed by atoms with Gasteiger partial charge in [-0.05, 0) is 24.5 Å². The second-order valence-corrected chi connectivity index (χ2v) is 9.32. The quantitative estimate of drug-likeness (QED) is 0.519. The van der Waals surface area contributed by atoms with Crippen LogP contribution >= 0.6 is 0 Å². The lowest BCUT2D eigenvalue weighted by molar-refractivity contribution is -0.136. The number of carbonyl (C=O) groups is 4. The van der Waals surface area contributed by atoms with E-state index in [4.69, 9.17) is 4.74 Å². The molecule has 1 aromatic carbocycles. The third kappa shape index (κ3) is 8.26. The smallest absolute Gasteiger partial charge is 0.255 e. The molecule has 0 spiro atoms. The van der Waals surface area contributed by atoms with Gasteiger partial charge < -0.3 is 25.6 Å². The maximum Gasteiger partial charge on any atom is 0.255 e. The van der Waals surface area contributed by atoms with E-state index in [-0.39, 0.29) is 43.5 Å². The first-order valence-electron chi connectivity index (χ1n) is 12.3. The van der Waals surface area contributed by atoms with E-state index in [1.54, 1.807) is 49.9 Å². The van der Waals surface area contributed by atoms with Crippen molar-refractivity contribution in [2.24, 2.45) is 5.92 Å². The van der Waals surface area contributed by atoms with Gasteiger partial charge in [0.05, 0.1) is 24.2 Å². The molecule has 1 aromatic heterocycles. The van der Waals surface area contributed by atoms with Crippen LogP contribution in [0.1, 0.15) is 42.7 Å². The summed E-state index contributed by atoms with van der Waals surface area (Å²) in [5.41, 5.74) is 0.921. The van der Waals surface area contributed by atoms with Gasteiger partial charge in [-0.1, -0.05) is 26.0 Å². The topological polar surface area (TPSA) is 143 Å². The summed E-state index contributed by atoms with van der Waals surface area (Å²) < 4.78 is 5.81. The maximum absolute atomic E-state index is 13.1. The normalized spacial score (nSPS) is 19.2. The molecule has 1 aliphatic rings. The Morgan fingerprint density at radius 1 is 1.19 bits per heavy atom. The summed E-state index contributed by atoms with van der Waals surface area (Å²) in [5.74, 6) is -1.36. The predicted octanol–water partition coefficient (Wildman–Crippen LogP) is 0.706. The summed E-state index contributed by atoms with van der Waals surface area (Å²) in [5, 5.41) is 8.18. The van der Waals surface area contributed by atoms with Gasteiger partial charge >= 0.3 is 0 Å². The Labute approximate surface area is 216 Å². The van der Waals surface area contributed by atoms with E-state index in [0.29, 0.717) is 24.3 Å². The van der Waals surface area contributed by atoms with E-state index in [1.165, 1.54) is 4.90 Å². The Hall–Kier alpha value is -4.02. The summed E-state index contributed by atoms with van der Waals surface area (Å²) in [6.45, 7) is 4.58. The lowest BCUT2D eigenvalue weighted by Gasteiger charge is -2.27. The van der Waals surface area contributed by atoms with E-state index in [1.807, 2.05) is 13.8 Å². The highest BCUT2D eigenvalue weighted by Crippen LogP contribution is 2.19. The average Bonchev–Trinajstić information content (AvgIpc) is 2.87. The molecule has 0 saturated carbocycles. The molecular weight excluding hydrogens is 476 g/mol. The highest BCUT2D eigenvalue weighted by Gasteiger charge is 2.30. The lowest BCUT2D eigenvalue weighted by Crippen LogP contribution is -2.53. The van der Waals surface area contributed by atoms with Crippen molar-refractivity contribution in [1.29, 1.82) is 0 Å². The van der Waals surface area contributed by atoms with Crippen molar-refractivity contribution in [2.45, 2.75) is 45.2 Å². The molecule has 37 heavy (non-hydrogen) atoms. The number of nitrogens with zero attached hydrogens (tertiary/aromatic N) is 3. The van der Waals surface area contributed by atoms with Gasteiger partial charge in [0.25, 0.3) is 5.91 Å². The fraction of sp³-hybridized carbons (Fsp3) is 0.462. The van der Waals surface area contributed by atoms with Crippen LogP contribution in [0.2, 0.25) is 0 Å². The molecule has 0 radical (unpaired) electrons. The highest BCUT2D eigenvalue weighted by molar-refractivity contribution is 6.01. The average molecular weight is 511 g/mol. The third-order valence-corrected chi connectivity index (χ3v) is 5.84. The maximum atomic E-state index is 13.1. The molecule has 2 heterocycles. The molecule has 2 atom stereocenters. The van der Waals surface area contributed by atoms with Crippen molar-refractivity contribution in [2.75, 3.05) is 26.7 Å². The highest BCUT2D eigenvalue weighted by atomic mass is 16.5. The van der Waals surface area contributed by atoms with Crippen LogP contribution in [0.25, 0.3) is 0 Å². The van der Waals surface area contributed by atoms with E-state index in [9.17, 15) is 19.2 Å². The van der Waals surface area contributed by atoms with Gasteiger partial charge in [-0.2, -0.15) is 0 Å². The Morgan fingerprint density at radius 3 is 2.70 bits per heavy atom. The molecule has 11 nitrogen and oxygen atoms in total. The fourth-order valence-electron chi connectivity index (χ4n) is 3.92. The number of amides is 4. The molecular formula is C26H34N6O5. The number of nitrogens with one attached hydrogen (secondary N) is 3.